The molecular weight excluding hydrogens is 337 g/mol. The third-order valence-corrected chi connectivity index (χ3v) is 3.69. The Kier molecular flexibility index (Phi) is 6.14. The summed E-state index contributed by atoms with van der Waals surface area (Å²) >= 11 is 0. The summed E-state index contributed by atoms with van der Waals surface area (Å²) in [6.07, 6.45) is 1.56. The molecule has 7 heteroatoms. The van der Waals surface area contributed by atoms with Crippen molar-refractivity contribution in [3.8, 4) is 17.2 Å². The predicted octanol–water partition coefficient (Wildman–Crippen LogP) is 3.18. The lowest BCUT2D eigenvalue weighted by Crippen LogP contribution is -2.23. The summed E-state index contributed by atoms with van der Waals surface area (Å²) < 4.78 is 29.6. The van der Waals surface area contributed by atoms with Crippen LogP contribution in [0.5, 0.6) is 17.2 Å². The highest BCUT2D eigenvalue weighted by molar-refractivity contribution is 5.92. The largest absolute Gasteiger partial charge is 0.494 e. The van der Waals surface area contributed by atoms with Gasteiger partial charge in [-0.2, -0.15) is 0 Å². The minimum atomic E-state index is -0.282. The van der Waals surface area contributed by atoms with Crippen LogP contribution in [0.4, 0.5) is 10.1 Å². The summed E-state index contributed by atoms with van der Waals surface area (Å²) in [6, 6.07) is 11.5. The quantitative estimate of drug-likeness (QED) is 0.470. The lowest BCUT2D eigenvalue weighted by atomic mass is 10.3. The number of rotatable bonds is 6. The van der Waals surface area contributed by atoms with Crippen LogP contribution in [0.25, 0.3) is 0 Å². The van der Waals surface area contributed by atoms with Crippen LogP contribution in [0.15, 0.2) is 47.5 Å². The van der Waals surface area contributed by atoms with Crippen LogP contribution in [0.3, 0.4) is 0 Å². The van der Waals surface area contributed by atoms with E-state index in [1.807, 2.05) is 18.2 Å². The van der Waals surface area contributed by atoms with Crippen molar-refractivity contribution in [1.82, 2.24) is 0 Å². The van der Waals surface area contributed by atoms with Crippen molar-refractivity contribution in [2.75, 3.05) is 31.7 Å². The zero-order chi connectivity index (χ0) is 18.2. The predicted molar refractivity (Wildman–Crippen MR) is 98.7 cm³/mol. The maximum absolute atomic E-state index is 12.8. The Morgan fingerprint density at radius 2 is 1.88 bits per heavy atom. The SMILES string of the molecule is NC(=NCCCOc1ccc(F)cc1)Nc1ccc2c(c1)OCCCO2. The third kappa shape index (κ3) is 5.27. The monoisotopic (exact) mass is 359 g/mol. The molecule has 3 N–H and O–H groups in total. The maximum Gasteiger partial charge on any atom is 0.193 e. The first-order chi connectivity index (χ1) is 12.7. The van der Waals surface area contributed by atoms with Gasteiger partial charge in [0.25, 0.3) is 0 Å². The summed E-state index contributed by atoms with van der Waals surface area (Å²) in [4.78, 5) is 4.27. The average Bonchev–Trinajstić information content (AvgIpc) is 2.88. The van der Waals surface area contributed by atoms with Gasteiger partial charge in [0.05, 0.1) is 19.8 Å². The number of ether oxygens (including phenoxy) is 3. The van der Waals surface area contributed by atoms with Crippen molar-refractivity contribution < 1.29 is 18.6 Å². The first-order valence-corrected chi connectivity index (χ1v) is 8.56. The molecule has 26 heavy (non-hydrogen) atoms. The van der Waals surface area contributed by atoms with Crippen molar-refractivity contribution in [2.24, 2.45) is 10.7 Å². The number of nitrogens with zero attached hydrogens (tertiary/aromatic N) is 1. The zero-order valence-corrected chi connectivity index (χ0v) is 14.4. The molecule has 0 saturated heterocycles. The summed E-state index contributed by atoms with van der Waals surface area (Å²) in [5.74, 6) is 2.11. The van der Waals surface area contributed by atoms with E-state index in [1.165, 1.54) is 12.1 Å². The summed E-state index contributed by atoms with van der Waals surface area (Å²) in [7, 11) is 0. The number of nitrogens with two attached hydrogens (primary N) is 1. The maximum atomic E-state index is 12.8. The second-order valence-corrected chi connectivity index (χ2v) is 5.76. The first kappa shape index (κ1) is 17.8. The van der Waals surface area contributed by atoms with Gasteiger partial charge < -0.3 is 25.3 Å². The standard InChI is InChI=1S/C19H22FN3O3/c20-14-3-6-16(7-4-14)24-10-1-9-22-19(21)23-15-5-8-17-18(13-15)26-12-2-11-25-17/h3-8,13H,1-2,9-12H2,(H3,21,22,23). The van der Waals surface area contributed by atoms with Gasteiger partial charge in [-0.25, -0.2) is 4.39 Å². The van der Waals surface area contributed by atoms with Gasteiger partial charge in [-0.15, -0.1) is 0 Å². The molecule has 138 valence electrons. The highest BCUT2D eigenvalue weighted by Gasteiger charge is 2.10. The Morgan fingerprint density at radius 1 is 1.12 bits per heavy atom. The fourth-order valence-corrected chi connectivity index (χ4v) is 2.41. The topological polar surface area (TPSA) is 78.1 Å². The van der Waals surface area contributed by atoms with Crippen LogP contribution in [0.1, 0.15) is 12.8 Å². The average molecular weight is 359 g/mol. The second-order valence-electron chi connectivity index (χ2n) is 5.76. The number of anilines is 1. The molecule has 0 bridgehead atoms. The van der Waals surface area contributed by atoms with Crippen molar-refractivity contribution in [1.29, 1.82) is 0 Å². The molecule has 3 rings (SSSR count). The minimum absolute atomic E-state index is 0.282. The molecule has 1 heterocycles. The number of halogens is 1. The van der Waals surface area contributed by atoms with E-state index in [9.17, 15) is 4.39 Å². The number of aliphatic imine (C=N–C) groups is 1. The highest BCUT2D eigenvalue weighted by Crippen LogP contribution is 2.32. The van der Waals surface area contributed by atoms with E-state index < -0.39 is 0 Å². The van der Waals surface area contributed by atoms with Crippen molar-refractivity contribution in [3.63, 3.8) is 0 Å². The summed E-state index contributed by atoms with van der Waals surface area (Å²) in [5, 5.41) is 3.04. The first-order valence-electron chi connectivity index (χ1n) is 8.56. The molecule has 0 atom stereocenters. The molecule has 2 aromatic carbocycles. The number of fused-ring (bicyclic) bond motifs is 1. The molecule has 0 spiro atoms. The second kappa shape index (κ2) is 8.94. The molecule has 0 aromatic heterocycles. The van der Waals surface area contributed by atoms with E-state index in [4.69, 9.17) is 19.9 Å². The van der Waals surface area contributed by atoms with Crippen molar-refractivity contribution in [3.05, 3.63) is 48.3 Å². The molecule has 0 fully saturated rings. The van der Waals surface area contributed by atoms with Gasteiger partial charge in [0.2, 0.25) is 0 Å². The van der Waals surface area contributed by atoms with Crippen molar-refractivity contribution in [2.45, 2.75) is 12.8 Å². The molecular formula is C19H22FN3O3. The van der Waals surface area contributed by atoms with Gasteiger partial charge in [-0.05, 0) is 36.4 Å². The smallest absolute Gasteiger partial charge is 0.193 e. The number of nitrogens with one attached hydrogen (secondary N) is 1. The molecule has 2 aromatic rings. The van der Waals surface area contributed by atoms with Gasteiger partial charge in [0.15, 0.2) is 17.5 Å². The van der Waals surface area contributed by atoms with E-state index in [2.05, 4.69) is 10.3 Å². The normalized spacial score (nSPS) is 13.8. The number of hydrogen-bond acceptors (Lipinski definition) is 4. The number of benzene rings is 2. The molecule has 0 amide bonds. The van der Waals surface area contributed by atoms with Gasteiger partial charge in [-0.3, -0.25) is 4.99 Å². The van der Waals surface area contributed by atoms with Crippen molar-refractivity contribution >= 4 is 11.6 Å². The molecule has 6 nitrogen and oxygen atoms in total. The fraction of sp³-hybridized carbons (Fsp3) is 0.316. The van der Waals surface area contributed by atoms with Crippen LogP contribution in [-0.4, -0.2) is 32.3 Å². The van der Waals surface area contributed by atoms with E-state index in [0.717, 1.165) is 17.9 Å². The Morgan fingerprint density at radius 3 is 2.69 bits per heavy atom. The lowest BCUT2D eigenvalue weighted by molar-refractivity contribution is 0.297. The van der Waals surface area contributed by atoms with Crippen LogP contribution < -0.4 is 25.3 Å². The zero-order valence-electron chi connectivity index (χ0n) is 14.4. The number of guanidine groups is 1. The lowest BCUT2D eigenvalue weighted by Gasteiger charge is -2.11. The Bertz CT molecular complexity index is 750. The van der Waals surface area contributed by atoms with Gasteiger partial charge in [0, 0.05) is 31.1 Å². The van der Waals surface area contributed by atoms with E-state index in [1.54, 1.807) is 12.1 Å². The summed E-state index contributed by atoms with van der Waals surface area (Å²) in [6.45, 7) is 2.29. The molecule has 0 unspecified atom stereocenters. The third-order valence-electron chi connectivity index (χ3n) is 3.69. The minimum Gasteiger partial charge on any atom is -0.494 e. The Balaban J connectivity index is 1.43. The summed E-state index contributed by atoms with van der Waals surface area (Å²) in [5.41, 5.74) is 6.70. The van der Waals surface area contributed by atoms with Crippen LogP contribution in [0.2, 0.25) is 0 Å². The van der Waals surface area contributed by atoms with Crippen LogP contribution >= 0.6 is 0 Å². The van der Waals surface area contributed by atoms with Gasteiger partial charge >= 0.3 is 0 Å². The van der Waals surface area contributed by atoms with E-state index in [-0.39, 0.29) is 5.82 Å². The molecule has 0 radical (unpaired) electrons. The van der Waals surface area contributed by atoms with Crippen LogP contribution in [-0.2, 0) is 0 Å². The molecule has 1 aliphatic heterocycles. The Labute approximate surface area is 151 Å². The van der Waals surface area contributed by atoms with Gasteiger partial charge in [-0.1, -0.05) is 0 Å². The molecule has 0 aliphatic carbocycles. The van der Waals surface area contributed by atoms with Gasteiger partial charge in [0.1, 0.15) is 11.6 Å². The molecule has 0 saturated carbocycles. The highest BCUT2D eigenvalue weighted by atomic mass is 19.1. The molecule has 1 aliphatic rings. The Hall–Kier alpha value is -2.96. The van der Waals surface area contributed by atoms with Crippen LogP contribution in [0, 0.1) is 5.82 Å². The van der Waals surface area contributed by atoms with E-state index >= 15 is 0 Å². The number of hydrogen-bond donors (Lipinski definition) is 2. The van der Waals surface area contributed by atoms with E-state index in [0.29, 0.717) is 50.2 Å². The fourth-order valence-electron chi connectivity index (χ4n) is 2.41.